The first-order valence-electron chi connectivity index (χ1n) is 5.91. The van der Waals surface area contributed by atoms with Crippen molar-refractivity contribution in [1.82, 2.24) is 0 Å². The smallest absolute Gasteiger partial charge is 0.314 e. The number of ketones is 1. The van der Waals surface area contributed by atoms with E-state index in [-0.39, 0.29) is 11.2 Å². The first kappa shape index (κ1) is 10.7. The highest BCUT2D eigenvalue weighted by molar-refractivity contribution is 5.99. The van der Waals surface area contributed by atoms with Gasteiger partial charge in [-0.1, -0.05) is 19.3 Å². The lowest BCUT2D eigenvalue weighted by atomic mass is 9.59. The van der Waals surface area contributed by atoms with E-state index in [1.165, 1.54) is 6.42 Å². The third-order valence-electron chi connectivity index (χ3n) is 4.13. The zero-order valence-corrected chi connectivity index (χ0v) is 9.00. The highest BCUT2D eigenvalue weighted by Crippen LogP contribution is 2.49. The molecular formula is C12H18O3. The summed E-state index contributed by atoms with van der Waals surface area (Å²) in [7, 11) is 0. The minimum atomic E-state index is -0.887. The van der Waals surface area contributed by atoms with Crippen LogP contribution in [0.5, 0.6) is 0 Å². The molecule has 0 aliphatic heterocycles. The maximum Gasteiger partial charge on any atom is 0.314 e. The molecule has 15 heavy (non-hydrogen) atoms. The molecule has 3 heteroatoms. The summed E-state index contributed by atoms with van der Waals surface area (Å²) in [6, 6.07) is 0. The van der Waals surface area contributed by atoms with E-state index >= 15 is 0 Å². The summed E-state index contributed by atoms with van der Waals surface area (Å²) in [6.07, 6.45) is 7.57. The highest BCUT2D eigenvalue weighted by Gasteiger charge is 2.49. The normalized spacial score (nSPS) is 30.4. The number of carboxylic acid groups (broad SMARTS) is 1. The quantitative estimate of drug-likeness (QED) is 0.676. The fourth-order valence-corrected chi connectivity index (χ4v) is 3.44. The Labute approximate surface area is 89.9 Å². The van der Waals surface area contributed by atoms with E-state index in [1.54, 1.807) is 0 Å². The molecule has 0 radical (unpaired) electrons. The molecule has 1 N–H and O–H groups in total. The second-order valence-corrected chi connectivity index (χ2v) is 5.01. The van der Waals surface area contributed by atoms with Crippen molar-refractivity contribution in [1.29, 1.82) is 0 Å². The van der Waals surface area contributed by atoms with Crippen LogP contribution in [0.4, 0.5) is 0 Å². The number of carbonyl (C=O) groups excluding carboxylic acids is 1. The Hall–Kier alpha value is -0.860. The molecule has 3 nitrogen and oxygen atoms in total. The number of hydrogen-bond donors (Lipinski definition) is 1. The first-order valence-corrected chi connectivity index (χ1v) is 5.91. The molecule has 1 spiro atoms. The van der Waals surface area contributed by atoms with Crippen LogP contribution in [-0.2, 0) is 9.59 Å². The summed E-state index contributed by atoms with van der Waals surface area (Å²) in [5.41, 5.74) is -0.181. The number of hydrogen-bond acceptors (Lipinski definition) is 2. The SMILES string of the molecule is O=C(O)C1C(=O)CCCC12CCCCC2. The number of Topliss-reactive ketones (excluding diaryl/α,β-unsaturated/α-hetero) is 1. The predicted octanol–water partition coefficient (Wildman–Crippen LogP) is 2.39. The van der Waals surface area contributed by atoms with Crippen molar-refractivity contribution in [2.24, 2.45) is 11.3 Å². The molecule has 0 aromatic carbocycles. The van der Waals surface area contributed by atoms with E-state index in [1.807, 2.05) is 0 Å². The van der Waals surface area contributed by atoms with Crippen LogP contribution in [0.1, 0.15) is 51.4 Å². The number of carboxylic acids is 1. The van der Waals surface area contributed by atoms with E-state index in [0.29, 0.717) is 6.42 Å². The van der Waals surface area contributed by atoms with Gasteiger partial charge >= 0.3 is 5.97 Å². The average Bonchev–Trinajstić information content (AvgIpc) is 2.18. The van der Waals surface area contributed by atoms with Crippen molar-refractivity contribution in [2.75, 3.05) is 0 Å². The molecule has 0 bridgehead atoms. The van der Waals surface area contributed by atoms with Crippen LogP contribution in [0.25, 0.3) is 0 Å². The molecule has 0 aromatic rings. The Kier molecular flexibility index (Phi) is 2.81. The van der Waals surface area contributed by atoms with Crippen LogP contribution in [0, 0.1) is 11.3 Å². The van der Waals surface area contributed by atoms with Gasteiger partial charge in [0.15, 0.2) is 0 Å². The van der Waals surface area contributed by atoms with Gasteiger partial charge in [-0.2, -0.15) is 0 Å². The summed E-state index contributed by atoms with van der Waals surface area (Å²) in [6.45, 7) is 0. The predicted molar refractivity (Wildman–Crippen MR) is 55.5 cm³/mol. The molecule has 0 heterocycles. The number of aliphatic carboxylic acids is 1. The Morgan fingerprint density at radius 1 is 1.13 bits per heavy atom. The monoisotopic (exact) mass is 210 g/mol. The van der Waals surface area contributed by atoms with Gasteiger partial charge in [-0.25, -0.2) is 0 Å². The Morgan fingerprint density at radius 3 is 2.33 bits per heavy atom. The molecule has 0 amide bonds. The van der Waals surface area contributed by atoms with Crippen LogP contribution < -0.4 is 0 Å². The zero-order valence-electron chi connectivity index (χ0n) is 9.00. The standard InChI is InChI=1S/C12H18O3/c13-9-5-4-8-12(10(9)11(14)15)6-2-1-3-7-12/h10H,1-8H2,(H,14,15). The van der Waals surface area contributed by atoms with Gasteiger partial charge < -0.3 is 5.11 Å². The number of carbonyl (C=O) groups is 2. The van der Waals surface area contributed by atoms with Gasteiger partial charge in [0.05, 0.1) is 0 Å². The summed E-state index contributed by atoms with van der Waals surface area (Å²) >= 11 is 0. The van der Waals surface area contributed by atoms with Gasteiger partial charge in [-0.05, 0) is 31.1 Å². The van der Waals surface area contributed by atoms with Gasteiger partial charge in [0.1, 0.15) is 11.7 Å². The van der Waals surface area contributed by atoms with Crippen LogP contribution in [-0.4, -0.2) is 16.9 Å². The van der Waals surface area contributed by atoms with Crippen molar-refractivity contribution < 1.29 is 14.7 Å². The van der Waals surface area contributed by atoms with Crippen LogP contribution in [0.3, 0.4) is 0 Å². The van der Waals surface area contributed by atoms with E-state index in [0.717, 1.165) is 38.5 Å². The van der Waals surface area contributed by atoms with Crippen molar-refractivity contribution in [3.05, 3.63) is 0 Å². The molecule has 2 rings (SSSR count). The lowest BCUT2D eigenvalue weighted by molar-refractivity contribution is -0.156. The average molecular weight is 210 g/mol. The third-order valence-corrected chi connectivity index (χ3v) is 4.13. The Balaban J connectivity index is 2.25. The second kappa shape index (κ2) is 3.95. The zero-order chi connectivity index (χ0) is 10.9. The van der Waals surface area contributed by atoms with Gasteiger partial charge in [-0.3, -0.25) is 9.59 Å². The van der Waals surface area contributed by atoms with Crippen LogP contribution in [0.15, 0.2) is 0 Å². The third kappa shape index (κ3) is 1.80. The first-order chi connectivity index (χ1) is 7.16. The minimum Gasteiger partial charge on any atom is -0.481 e. The maximum absolute atomic E-state index is 11.7. The summed E-state index contributed by atoms with van der Waals surface area (Å²) in [5.74, 6) is -1.62. The van der Waals surface area contributed by atoms with Crippen molar-refractivity contribution >= 4 is 11.8 Å². The summed E-state index contributed by atoms with van der Waals surface area (Å²) < 4.78 is 0. The van der Waals surface area contributed by atoms with Gasteiger partial charge in [0, 0.05) is 6.42 Å². The molecule has 2 fully saturated rings. The lowest BCUT2D eigenvalue weighted by Gasteiger charge is -2.43. The fourth-order valence-electron chi connectivity index (χ4n) is 3.44. The molecule has 1 unspecified atom stereocenters. The fraction of sp³-hybridized carbons (Fsp3) is 0.833. The van der Waals surface area contributed by atoms with Crippen molar-refractivity contribution in [3.63, 3.8) is 0 Å². The Bertz CT molecular complexity index is 271. The molecule has 1 atom stereocenters. The largest absolute Gasteiger partial charge is 0.481 e. The molecule has 2 aliphatic carbocycles. The lowest BCUT2D eigenvalue weighted by Crippen LogP contribution is -2.45. The molecular weight excluding hydrogens is 192 g/mol. The molecule has 0 saturated heterocycles. The van der Waals surface area contributed by atoms with E-state index in [4.69, 9.17) is 0 Å². The Morgan fingerprint density at radius 2 is 1.73 bits per heavy atom. The topological polar surface area (TPSA) is 54.4 Å². The van der Waals surface area contributed by atoms with Crippen molar-refractivity contribution in [3.8, 4) is 0 Å². The second-order valence-electron chi connectivity index (χ2n) is 5.01. The molecule has 2 aliphatic rings. The maximum atomic E-state index is 11.7. The molecule has 0 aromatic heterocycles. The molecule has 2 saturated carbocycles. The summed E-state index contributed by atoms with van der Waals surface area (Å²) in [4.78, 5) is 22.9. The van der Waals surface area contributed by atoms with Crippen molar-refractivity contribution in [2.45, 2.75) is 51.4 Å². The van der Waals surface area contributed by atoms with Gasteiger partial charge in [-0.15, -0.1) is 0 Å². The van der Waals surface area contributed by atoms with Gasteiger partial charge in [0.25, 0.3) is 0 Å². The van der Waals surface area contributed by atoms with Gasteiger partial charge in [0.2, 0.25) is 0 Å². The number of rotatable bonds is 1. The highest BCUT2D eigenvalue weighted by atomic mass is 16.4. The van der Waals surface area contributed by atoms with E-state index < -0.39 is 11.9 Å². The van der Waals surface area contributed by atoms with Crippen LogP contribution in [0.2, 0.25) is 0 Å². The van der Waals surface area contributed by atoms with E-state index in [2.05, 4.69) is 0 Å². The minimum absolute atomic E-state index is 0.0318. The van der Waals surface area contributed by atoms with Crippen LogP contribution >= 0.6 is 0 Å². The van der Waals surface area contributed by atoms with E-state index in [9.17, 15) is 14.7 Å². The summed E-state index contributed by atoms with van der Waals surface area (Å²) in [5, 5.41) is 9.21. The molecule has 84 valence electrons.